The summed E-state index contributed by atoms with van der Waals surface area (Å²) in [6.07, 6.45) is 7.47. The lowest BCUT2D eigenvalue weighted by Gasteiger charge is -2.32. The molecule has 0 radical (unpaired) electrons. The van der Waals surface area contributed by atoms with Gasteiger partial charge in [0.05, 0.1) is 11.6 Å². The number of halogens is 1. The number of carbonyl (C=O) groups excluding carboxylic acids is 1. The molecule has 1 heterocycles. The smallest absolute Gasteiger partial charge is 0.229 e. The van der Waals surface area contributed by atoms with Crippen LogP contribution in [0.1, 0.15) is 12.0 Å². The third-order valence-electron chi connectivity index (χ3n) is 4.29. The van der Waals surface area contributed by atoms with E-state index in [0.29, 0.717) is 13.0 Å². The van der Waals surface area contributed by atoms with Gasteiger partial charge in [0.15, 0.2) is 0 Å². The zero-order valence-electron chi connectivity index (χ0n) is 12.7. The van der Waals surface area contributed by atoms with Gasteiger partial charge in [-0.15, -0.1) is 0 Å². The number of amides is 1. The van der Waals surface area contributed by atoms with Crippen LogP contribution in [0.5, 0.6) is 0 Å². The summed E-state index contributed by atoms with van der Waals surface area (Å²) >= 11 is 3.50. The van der Waals surface area contributed by atoms with Crippen molar-refractivity contribution in [1.82, 2.24) is 5.32 Å². The largest absolute Gasteiger partial charge is 0.396 e. The fraction of sp³-hybridized carbons (Fsp3) is 0.333. The summed E-state index contributed by atoms with van der Waals surface area (Å²) < 4.78 is 1.08. The summed E-state index contributed by atoms with van der Waals surface area (Å²) in [6, 6.07) is 7.73. The summed E-state index contributed by atoms with van der Waals surface area (Å²) in [4.78, 5) is 16.7. The maximum absolute atomic E-state index is 12.2. The Bertz CT molecular complexity index is 677. The van der Waals surface area contributed by atoms with Gasteiger partial charge in [-0.2, -0.15) is 0 Å². The fourth-order valence-electron chi connectivity index (χ4n) is 3.00. The Balaban J connectivity index is 1.75. The van der Waals surface area contributed by atoms with E-state index in [-0.39, 0.29) is 24.3 Å². The molecular weight excluding hydrogens is 356 g/mol. The predicted octanol–water partition coefficient (Wildman–Crippen LogP) is 2.89. The molecule has 1 amide bonds. The molecule has 1 fully saturated rings. The van der Waals surface area contributed by atoms with Crippen LogP contribution in [-0.2, 0) is 11.2 Å². The average Bonchev–Trinajstić information content (AvgIpc) is 2.56. The number of nitrogens with one attached hydrogen (secondary N) is 1. The Hall–Kier alpha value is -1.72. The Labute approximate surface area is 144 Å². The Morgan fingerprint density at radius 3 is 2.87 bits per heavy atom. The van der Waals surface area contributed by atoms with Crippen molar-refractivity contribution in [3.63, 3.8) is 0 Å². The summed E-state index contributed by atoms with van der Waals surface area (Å²) in [5.41, 5.74) is 3.14. The molecule has 0 bridgehead atoms. The molecule has 2 aliphatic rings. The molecule has 2 atom stereocenters. The molecule has 2 unspecified atom stereocenters. The van der Waals surface area contributed by atoms with E-state index in [1.165, 1.54) is 5.57 Å². The number of aliphatic hydroxyl groups excluding tert-OH is 1. The van der Waals surface area contributed by atoms with Crippen molar-refractivity contribution < 1.29 is 9.90 Å². The molecule has 0 spiro atoms. The molecule has 1 aromatic carbocycles. The number of fused-ring (bicyclic) bond motifs is 1. The predicted molar refractivity (Wildman–Crippen MR) is 95.1 cm³/mol. The van der Waals surface area contributed by atoms with Crippen LogP contribution in [0.15, 0.2) is 51.5 Å². The molecule has 4 nitrogen and oxygen atoms in total. The van der Waals surface area contributed by atoms with E-state index in [9.17, 15) is 4.79 Å². The molecule has 3 rings (SSSR count). The second-order valence-electron chi connectivity index (χ2n) is 5.81. The summed E-state index contributed by atoms with van der Waals surface area (Å²) in [5.74, 6) is 0.00523. The van der Waals surface area contributed by atoms with E-state index in [4.69, 9.17) is 5.11 Å². The Morgan fingerprint density at radius 1 is 1.35 bits per heavy atom. The van der Waals surface area contributed by atoms with E-state index in [1.54, 1.807) is 6.21 Å². The molecule has 1 aliphatic carbocycles. The van der Waals surface area contributed by atoms with E-state index < -0.39 is 0 Å². The van der Waals surface area contributed by atoms with Crippen molar-refractivity contribution in [3.8, 4) is 0 Å². The van der Waals surface area contributed by atoms with Gasteiger partial charge in [0, 0.05) is 29.8 Å². The van der Waals surface area contributed by atoms with Gasteiger partial charge in [-0.05, 0) is 42.2 Å². The number of nitrogens with zero attached hydrogens (tertiary/aromatic N) is 1. The first kappa shape index (κ1) is 16.1. The quantitative estimate of drug-likeness (QED) is 0.795. The SMILES string of the molecule is O=C1NCC2=CC(Br)=CCC2C1C=Nc1ccc(CCO)cc1. The topological polar surface area (TPSA) is 61.7 Å². The molecule has 120 valence electrons. The second-order valence-corrected chi connectivity index (χ2v) is 6.73. The van der Waals surface area contributed by atoms with Gasteiger partial charge < -0.3 is 10.4 Å². The molecule has 5 heteroatoms. The van der Waals surface area contributed by atoms with Crippen LogP contribution in [0.25, 0.3) is 0 Å². The number of benzene rings is 1. The van der Waals surface area contributed by atoms with Crippen molar-refractivity contribution in [3.05, 3.63) is 52.0 Å². The van der Waals surface area contributed by atoms with E-state index >= 15 is 0 Å². The van der Waals surface area contributed by atoms with E-state index in [2.05, 4.69) is 38.4 Å². The van der Waals surface area contributed by atoms with Crippen molar-refractivity contribution in [1.29, 1.82) is 0 Å². The molecule has 0 saturated carbocycles. The number of carbonyl (C=O) groups is 1. The lowest BCUT2D eigenvalue weighted by molar-refractivity contribution is -0.124. The molecular formula is C18H19BrN2O2. The molecule has 1 saturated heterocycles. The normalized spacial score (nSPS) is 24.0. The van der Waals surface area contributed by atoms with Gasteiger partial charge in [-0.3, -0.25) is 9.79 Å². The minimum absolute atomic E-state index is 0.0409. The molecule has 1 aromatic rings. The van der Waals surface area contributed by atoms with Gasteiger partial charge in [0.2, 0.25) is 5.91 Å². The van der Waals surface area contributed by atoms with Crippen LogP contribution in [0.2, 0.25) is 0 Å². The first-order valence-electron chi connectivity index (χ1n) is 7.75. The van der Waals surface area contributed by atoms with E-state index in [0.717, 1.165) is 22.2 Å². The first-order valence-corrected chi connectivity index (χ1v) is 8.54. The highest BCUT2D eigenvalue weighted by Crippen LogP contribution is 2.34. The fourth-order valence-corrected chi connectivity index (χ4v) is 3.48. The standard InChI is InChI=1S/C18H19BrN2O2/c19-14-3-6-16-13(9-14)10-21-18(23)17(16)11-20-15-4-1-12(2-5-15)7-8-22/h1-5,9,11,16-17,22H,6-8,10H2,(H,21,23). The minimum Gasteiger partial charge on any atom is -0.396 e. The third-order valence-corrected chi connectivity index (χ3v) is 4.84. The van der Waals surface area contributed by atoms with Gasteiger partial charge >= 0.3 is 0 Å². The Morgan fingerprint density at radius 2 is 2.13 bits per heavy atom. The lowest BCUT2D eigenvalue weighted by atomic mass is 9.78. The summed E-state index contributed by atoms with van der Waals surface area (Å²) in [5, 5.41) is 11.9. The van der Waals surface area contributed by atoms with Crippen LogP contribution >= 0.6 is 15.9 Å². The molecule has 1 aliphatic heterocycles. The number of allylic oxidation sites excluding steroid dienone is 3. The number of aliphatic imine (C=N–C) groups is 1. The molecule has 2 N–H and O–H groups in total. The van der Waals surface area contributed by atoms with Gasteiger partial charge in [0.1, 0.15) is 0 Å². The molecule has 23 heavy (non-hydrogen) atoms. The zero-order valence-corrected chi connectivity index (χ0v) is 14.3. The number of piperidine rings is 1. The highest BCUT2D eigenvalue weighted by Gasteiger charge is 2.34. The van der Waals surface area contributed by atoms with Crippen molar-refractivity contribution >= 4 is 33.7 Å². The highest BCUT2D eigenvalue weighted by molar-refractivity contribution is 9.11. The first-order chi connectivity index (χ1) is 11.2. The number of hydrogen-bond donors (Lipinski definition) is 2. The molecule has 0 aromatic heterocycles. The summed E-state index contributed by atoms with van der Waals surface area (Å²) in [7, 11) is 0. The number of hydrogen-bond acceptors (Lipinski definition) is 3. The van der Waals surface area contributed by atoms with Crippen molar-refractivity contribution in [2.45, 2.75) is 12.8 Å². The summed E-state index contributed by atoms with van der Waals surface area (Å²) in [6.45, 7) is 0.761. The minimum atomic E-state index is -0.232. The second kappa shape index (κ2) is 7.23. The maximum atomic E-state index is 12.2. The van der Waals surface area contributed by atoms with Crippen LogP contribution < -0.4 is 5.32 Å². The van der Waals surface area contributed by atoms with Crippen LogP contribution in [0.3, 0.4) is 0 Å². The van der Waals surface area contributed by atoms with Crippen LogP contribution in [0, 0.1) is 11.8 Å². The van der Waals surface area contributed by atoms with Gasteiger partial charge in [0.25, 0.3) is 0 Å². The third kappa shape index (κ3) is 3.79. The van der Waals surface area contributed by atoms with Crippen molar-refractivity contribution in [2.75, 3.05) is 13.2 Å². The number of rotatable bonds is 4. The van der Waals surface area contributed by atoms with Crippen molar-refractivity contribution in [2.24, 2.45) is 16.8 Å². The highest BCUT2D eigenvalue weighted by atomic mass is 79.9. The zero-order chi connectivity index (χ0) is 16.2. The van der Waals surface area contributed by atoms with Crippen LogP contribution in [0.4, 0.5) is 5.69 Å². The van der Waals surface area contributed by atoms with E-state index in [1.807, 2.05) is 24.3 Å². The van der Waals surface area contributed by atoms with Gasteiger partial charge in [-0.25, -0.2) is 0 Å². The van der Waals surface area contributed by atoms with Gasteiger partial charge in [-0.1, -0.05) is 34.1 Å². The lowest BCUT2D eigenvalue weighted by Crippen LogP contribution is -2.44. The van der Waals surface area contributed by atoms with Crippen LogP contribution in [-0.4, -0.2) is 30.4 Å². The Kier molecular flexibility index (Phi) is 5.08. The number of aliphatic hydroxyl groups is 1. The maximum Gasteiger partial charge on any atom is 0.229 e. The average molecular weight is 375 g/mol. The monoisotopic (exact) mass is 374 g/mol.